The minimum Gasteiger partial charge on any atom is -0.358 e. The first-order chi connectivity index (χ1) is 10.6. The van der Waals surface area contributed by atoms with E-state index in [2.05, 4.69) is 17.2 Å². The summed E-state index contributed by atoms with van der Waals surface area (Å²) in [5, 5.41) is 3.76. The molecule has 1 aromatic carbocycles. The van der Waals surface area contributed by atoms with E-state index in [1.807, 2.05) is 31.2 Å². The van der Waals surface area contributed by atoms with Gasteiger partial charge in [0.1, 0.15) is 0 Å². The molecule has 1 aliphatic carbocycles. The van der Waals surface area contributed by atoms with Crippen LogP contribution in [0.5, 0.6) is 0 Å². The van der Waals surface area contributed by atoms with Crippen molar-refractivity contribution in [3.05, 3.63) is 35.5 Å². The predicted molar refractivity (Wildman–Crippen MR) is 86.9 cm³/mol. The van der Waals surface area contributed by atoms with Crippen molar-refractivity contribution in [3.8, 4) is 0 Å². The first-order valence-electron chi connectivity index (χ1n) is 8.00. The number of aromatic amines is 1. The molecule has 2 aromatic rings. The molecule has 0 spiro atoms. The molecule has 0 unspecified atom stereocenters. The molecule has 22 heavy (non-hydrogen) atoms. The highest BCUT2D eigenvalue weighted by Crippen LogP contribution is 2.25. The smallest absolute Gasteiger partial charge is 0.292 e. The Morgan fingerprint density at radius 1 is 1.18 bits per heavy atom. The summed E-state index contributed by atoms with van der Waals surface area (Å²) in [4.78, 5) is 28.1. The first-order valence-corrected chi connectivity index (χ1v) is 8.00. The number of amides is 1. The van der Waals surface area contributed by atoms with Gasteiger partial charge >= 0.3 is 0 Å². The minimum atomic E-state index is -0.480. The van der Waals surface area contributed by atoms with Crippen LogP contribution in [0.2, 0.25) is 0 Å². The van der Waals surface area contributed by atoms with E-state index in [4.69, 9.17) is 0 Å². The maximum absolute atomic E-state index is 12.6. The first kappa shape index (κ1) is 14.8. The van der Waals surface area contributed by atoms with Crippen molar-refractivity contribution in [1.29, 1.82) is 0 Å². The Morgan fingerprint density at radius 3 is 2.68 bits per heavy atom. The molecule has 0 aliphatic heterocycles. The third-order valence-corrected chi connectivity index (χ3v) is 4.75. The highest BCUT2D eigenvalue weighted by atomic mass is 16.2. The van der Waals surface area contributed by atoms with Gasteiger partial charge in [-0.3, -0.25) is 9.59 Å². The van der Waals surface area contributed by atoms with Crippen molar-refractivity contribution in [3.63, 3.8) is 0 Å². The second-order valence-corrected chi connectivity index (χ2v) is 6.34. The topological polar surface area (TPSA) is 62.0 Å². The molecule has 1 aromatic heterocycles. The lowest BCUT2D eigenvalue weighted by molar-refractivity contribution is -0.118. The zero-order valence-electron chi connectivity index (χ0n) is 13.1. The highest BCUT2D eigenvalue weighted by molar-refractivity contribution is 6.45. The minimum absolute atomic E-state index is 0.121. The Kier molecular flexibility index (Phi) is 4.01. The molecule has 2 N–H and O–H groups in total. The Morgan fingerprint density at radius 2 is 1.91 bits per heavy atom. The number of aryl methyl sites for hydroxylation is 1. The zero-order valence-corrected chi connectivity index (χ0v) is 13.1. The van der Waals surface area contributed by atoms with E-state index in [0.717, 1.165) is 35.9 Å². The summed E-state index contributed by atoms with van der Waals surface area (Å²) >= 11 is 0. The number of hydrogen-bond donors (Lipinski definition) is 2. The summed E-state index contributed by atoms with van der Waals surface area (Å²) in [6.07, 6.45) is 4.41. The number of para-hydroxylation sites is 1. The molecule has 4 heteroatoms. The van der Waals surface area contributed by atoms with E-state index < -0.39 is 11.7 Å². The van der Waals surface area contributed by atoms with E-state index in [-0.39, 0.29) is 6.04 Å². The lowest BCUT2D eigenvalue weighted by atomic mass is 9.86. The van der Waals surface area contributed by atoms with Crippen molar-refractivity contribution in [2.45, 2.75) is 45.6 Å². The number of hydrogen-bond acceptors (Lipinski definition) is 2. The van der Waals surface area contributed by atoms with Crippen LogP contribution in [0.1, 0.15) is 48.7 Å². The SMILES string of the molecule is Cc1[nH]c2ccccc2c1C(=O)C(=O)N[C@@H]1CCCC[C@H]1C. The standard InChI is InChI=1S/C18H22N2O2/c1-11-7-3-5-9-14(11)20-18(22)17(21)16-12(2)19-15-10-6-4-8-13(15)16/h4,6,8,10-11,14,19H,3,5,7,9H2,1-2H3,(H,20,22)/t11-,14-/m1/s1. The number of ketones is 1. The third kappa shape index (κ3) is 2.65. The monoisotopic (exact) mass is 298 g/mol. The van der Waals surface area contributed by atoms with Gasteiger partial charge in [0.15, 0.2) is 0 Å². The fourth-order valence-corrected chi connectivity index (χ4v) is 3.45. The van der Waals surface area contributed by atoms with Gasteiger partial charge in [0.05, 0.1) is 5.56 Å². The fourth-order valence-electron chi connectivity index (χ4n) is 3.45. The molecule has 1 saturated carbocycles. The molecule has 3 rings (SSSR count). The van der Waals surface area contributed by atoms with E-state index >= 15 is 0 Å². The van der Waals surface area contributed by atoms with Gasteiger partial charge < -0.3 is 10.3 Å². The van der Waals surface area contributed by atoms with Crippen LogP contribution >= 0.6 is 0 Å². The summed E-state index contributed by atoms with van der Waals surface area (Å²) in [5.74, 6) is -0.478. The highest BCUT2D eigenvalue weighted by Gasteiger charge is 2.28. The average molecular weight is 298 g/mol. The second kappa shape index (κ2) is 5.95. The van der Waals surface area contributed by atoms with E-state index in [9.17, 15) is 9.59 Å². The Labute approximate surface area is 130 Å². The molecule has 0 saturated heterocycles. The zero-order chi connectivity index (χ0) is 15.7. The van der Waals surface area contributed by atoms with Crippen molar-refractivity contribution in [2.75, 3.05) is 0 Å². The van der Waals surface area contributed by atoms with Crippen LogP contribution in [0.25, 0.3) is 10.9 Å². The quantitative estimate of drug-likeness (QED) is 0.674. The Balaban J connectivity index is 1.83. The molecular formula is C18H22N2O2. The van der Waals surface area contributed by atoms with Gasteiger partial charge in [0.2, 0.25) is 0 Å². The largest absolute Gasteiger partial charge is 0.358 e. The van der Waals surface area contributed by atoms with Crippen LogP contribution in [-0.2, 0) is 4.79 Å². The summed E-state index contributed by atoms with van der Waals surface area (Å²) in [7, 11) is 0. The number of carbonyl (C=O) groups is 2. The van der Waals surface area contributed by atoms with Crippen LogP contribution in [0.15, 0.2) is 24.3 Å². The molecule has 116 valence electrons. The molecule has 1 amide bonds. The number of fused-ring (bicyclic) bond motifs is 1. The van der Waals surface area contributed by atoms with Gasteiger partial charge in [-0.1, -0.05) is 38.0 Å². The van der Waals surface area contributed by atoms with Gasteiger partial charge in [0, 0.05) is 22.6 Å². The molecule has 0 bridgehead atoms. The van der Waals surface area contributed by atoms with Gasteiger partial charge in [-0.05, 0) is 31.7 Å². The van der Waals surface area contributed by atoms with Crippen molar-refractivity contribution in [2.24, 2.45) is 5.92 Å². The predicted octanol–water partition coefficient (Wildman–Crippen LogP) is 3.35. The lowest BCUT2D eigenvalue weighted by Gasteiger charge is -2.29. The van der Waals surface area contributed by atoms with Crippen LogP contribution in [-0.4, -0.2) is 22.7 Å². The maximum Gasteiger partial charge on any atom is 0.292 e. The number of Topliss-reactive ketones (excluding diaryl/α,β-unsaturated/α-hetero) is 1. The molecule has 4 nitrogen and oxygen atoms in total. The molecule has 0 radical (unpaired) electrons. The number of carbonyl (C=O) groups excluding carboxylic acids is 2. The summed E-state index contributed by atoms with van der Waals surface area (Å²) in [6, 6.07) is 7.71. The number of H-pyrrole nitrogens is 1. The Hall–Kier alpha value is -2.10. The van der Waals surface area contributed by atoms with E-state index in [0.29, 0.717) is 11.5 Å². The molecule has 2 atom stereocenters. The number of benzene rings is 1. The van der Waals surface area contributed by atoms with E-state index in [1.54, 1.807) is 0 Å². The van der Waals surface area contributed by atoms with Gasteiger partial charge in [-0.15, -0.1) is 0 Å². The van der Waals surface area contributed by atoms with Gasteiger partial charge in [-0.25, -0.2) is 0 Å². The molecule has 1 fully saturated rings. The average Bonchev–Trinajstić information content (AvgIpc) is 2.84. The van der Waals surface area contributed by atoms with Crippen LogP contribution in [0.3, 0.4) is 0 Å². The summed E-state index contributed by atoms with van der Waals surface area (Å²) in [5.41, 5.74) is 2.14. The van der Waals surface area contributed by atoms with E-state index in [1.165, 1.54) is 6.42 Å². The second-order valence-electron chi connectivity index (χ2n) is 6.34. The Bertz CT molecular complexity index is 717. The van der Waals surface area contributed by atoms with Crippen LogP contribution in [0, 0.1) is 12.8 Å². The normalized spacial score (nSPS) is 21.7. The van der Waals surface area contributed by atoms with Gasteiger partial charge in [-0.2, -0.15) is 0 Å². The number of aromatic nitrogens is 1. The van der Waals surface area contributed by atoms with Crippen molar-refractivity contribution in [1.82, 2.24) is 10.3 Å². The lowest BCUT2D eigenvalue weighted by Crippen LogP contribution is -2.44. The molecule has 1 heterocycles. The molecule has 1 aliphatic rings. The maximum atomic E-state index is 12.6. The summed E-state index contributed by atoms with van der Waals surface area (Å²) < 4.78 is 0. The third-order valence-electron chi connectivity index (χ3n) is 4.75. The van der Waals surface area contributed by atoms with Crippen LogP contribution < -0.4 is 5.32 Å². The van der Waals surface area contributed by atoms with Crippen LogP contribution in [0.4, 0.5) is 0 Å². The molecular weight excluding hydrogens is 276 g/mol. The number of rotatable bonds is 3. The van der Waals surface area contributed by atoms with Crippen molar-refractivity contribution >= 4 is 22.6 Å². The van der Waals surface area contributed by atoms with Gasteiger partial charge in [0.25, 0.3) is 11.7 Å². The van der Waals surface area contributed by atoms with Crippen molar-refractivity contribution < 1.29 is 9.59 Å². The summed E-state index contributed by atoms with van der Waals surface area (Å²) in [6.45, 7) is 3.98. The fraction of sp³-hybridized carbons (Fsp3) is 0.444. The number of nitrogens with one attached hydrogen (secondary N) is 2.